The van der Waals surface area contributed by atoms with E-state index < -0.39 is 10.0 Å². The Hall–Kier alpha value is -1.64. The Morgan fingerprint density at radius 2 is 2.04 bits per heavy atom. The lowest BCUT2D eigenvalue weighted by atomic mass is 10.1. The topological polar surface area (TPSA) is 87.7 Å². The Bertz CT molecular complexity index is 754. The highest BCUT2D eigenvalue weighted by atomic mass is 32.2. The van der Waals surface area contributed by atoms with Crippen LogP contribution in [0.3, 0.4) is 0 Å². The van der Waals surface area contributed by atoms with Crippen molar-refractivity contribution >= 4 is 21.6 Å². The van der Waals surface area contributed by atoms with E-state index in [1.807, 2.05) is 6.92 Å². The zero-order valence-corrected chi connectivity index (χ0v) is 16.7. The fourth-order valence-electron chi connectivity index (χ4n) is 3.52. The van der Waals surface area contributed by atoms with Gasteiger partial charge in [0.2, 0.25) is 10.0 Å². The highest BCUT2D eigenvalue weighted by Crippen LogP contribution is 2.29. The highest BCUT2D eigenvalue weighted by molar-refractivity contribution is 7.89. The first kappa shape index (κ1) is 20.1. The van der Waals surface area contributed by atoms with Crippen molar-refractivity contribution in [3.05, 3.63) is 23.8 Å². The highest BCUT2D eigenvalue weighted by Gasteiger charge is 2.25. The van der Waals surface area contributed by atoms with Gasteiger partial charge >= 0.3 is 0 Å². The summed E-state index contributed by atoms with van der Waals surface area (Å²) in [6.45, 7) is 5.14. The van der Waals surface area contributed by atoms with Gasteiger partial charge in [0.15, 0.2) is 0 Å². The second-order valence-electron chi connectivity index (χ2n) is 7.12. The van der Waals surface area contributed by atoms with Gasteiger partial charge in [-0.2, -0.15) is 0 Å². The van der Waals surface area contributed by atoms with Crippen LogP contribution in [0.15, 0.2) is 23.1 Å². The average molecular weight is 396 g/mol. The van der Waals surface area contributed by atoms with Crippen LogP contribution in [-0.4, -0.2) is 53.2 Å². The minimum atomic E-state index is -3.67. The van der Waals surface area contributed by atoms with Crippen LogP contribution in [0.1, 0.15) is 49.4 Å². The standard InChI is InChI=1S/C19H29N3O4S/c1-2-9-21-27(24,25)18-13-15(7-8-17(18)22-10-3-4-11-22)19(23)20-14-16-6-5-12-26-16/h7-8,13,16,21H,2-6,9-12,14H2,1H3,(H,20,23). The third-order valence-electron chi connectivity index (χ3n) is 5.01. The van der Waals surface area contributed by atoms with E-state index in [0.717, 1.165) is 45.4 Å². The molecule has 2 fully saturated rings. The molecular weight excluding hydrogens is 366 g/mol. The lowest BCUT2D eigenvalue weighted by Crippen LogP contribution is -2.32. The molecule has 0 bridgehead atoms. The van der Waals surface area contributed by atoms with Crippen LogP contribution < -0.4 is 14.9 Å². The molecule has 0 aliphatic carbocycles. The summed E-state index contributed by atoms with van der Waals surface area (Å²) in [5.41, 5.74) is 1.03. The van der Waals surface area contributed by atoms with E-state index in [2.05, 4.69) is 14.9 Å². The van der Waals surface area contributed by atoms with Gasteiger partial charge < -0.3 is 15.0 Å². The molecule has 1 aromatic rings. The Labute approximate surface area is 161 Å². The number of amides is 1. The van der Waals surface area contributed by atoms with Crippen molar-refractivity contribution in [2.45, 2.75) is 50.0 Å². The fourth-order valence-corrected chi connectivity index (χ4v) is 4.90. The SMILES string of the molecule is CCCNS(=O)(=O)c1cc(C(=O)NCC2CCCO2)ccc1N1CCCC1. The van der Waals surface area contributed by atoms with Gasteiger partial charge in [0.05, 0.1) is 11.8 Å². The zero-order chi connectivity index (χ0) is 19.3. The summed E-state index contributed by atoms with van der Waals surface area (Å²) in [6.07, 6.45) is 4.80. The smallest absolute Gasteiger partial charge is 0.251 e. The first-order chi connectivity index (χ1) is 13.0. The van der Waals surface area contributed by atoms with Gasteiger partial charge in [0, 0.05) is 38.3 Å². The van der Waals surface area contributed by atoms with Gasteiger partial charge in [0.25, 0.3) is 5.91 Å². The van der Waals surface area contributed by atoms with Crippen LogP contribution in [0.5, 0.6) is 0 Å². The van der Waals surface area contributed by atoms with E-state index >= 15 is 0 Å². The Balaban J connectivity index is 1.82. The summed E-state index contributed by atoms with van der Waals surface area (Å²) in [6, 6.07) is 4.96. The molecule has 1 unspecified atom stereocenters. The van der Waals surface area contributed by atoms with Crippen LogP contribution in [0.2, 0.25) is 0 Å². The number of sulfonamides is 1. The maximum Gasteiger partial charge on any atom is 0.251 e. The molecule has 0 aromatic heterocycles. The maximum absolute atomic E-state index is 12.8. The van der Waals surface area contributed by atoms with Crippen molar-refractivity contribution in [1.29, 1.82) is 0 Å². The molecule has 150 valence electrons. The number of benzene rings is 1. The first-order valence-electron chi connectivity index (χ1n) is 9.79. The van der Waals surface area contributed by atoms with Crippen molar-refractivity contribution in [2.24, 2.45) is 0 Å². The molecule has 2 aliphatic rings. The van der Waals surface area contributed by atoms with Gasteiger partial charge in [-0.05, 0) is 50.3 Å². The first-order valence-corrected chi connectivity index (χ1v) is 11.3. The molecule has 2 saturated heterocycles. The third kappa shape index (κ3) is 5.00. The molecule has 0 spiro atoms. The molecule has 8 heteroatoms. The second kappa shape index (κ2) is 9.03. The molecule has 0 saturated carbocycles. The molecule has 27 heavy (non-hydrogen) atoms. The van der Waals surface area contributed by atoms with Crippen molar-refractivity contribution in [3.63, 3.8) is 0 Å². The van der Waals surface area contributed by atoms with Crippen LogP contribution in [-0.2, 0) is 14.8 Å². The van der Waals surface area contributed by atoms with E-state index in [4.69, 9.17) is 4.74 Å². The number of carbonyl (C=O) groups excluding carboxylic acids is 1. The Morgan fingerprint density at radius 1 is 1.26 bits per heavy atom. The zero-order valence-electron chi connectivity index (χ0n) is 15.9. The molecular formula is C19H29N3O4S. The summed E-state index contributed by atoms with van der Waals surface area (Å²) in [7, 11) is -3.67. The summed E-state index contributed by atoms with van der Waals surface area (Å²) in [5, 5.41) is 2.86. The largest absolute Gasteiger partial charge is 0.376 e. The summed E-state index contributed by atoms with van der Waals surface area (Å²) in [5.74, 6) is -0.273. The summed E-state index contributed by atoms with van der Waals surface area (Å²) >= 11 is 0. The van der Waals surface area contributed by atoms with Crippen molar-refractivity contribution < 1.29 is 17.9 Å². The molecule has 2 heterocycles. The van der Waals surface area contributed by atoms with E-state index in [1.165, 1.54) is 6.07 Å². The van der Waals surface area contributed by atoms with Crippen LogP contribution in [0, 0.1) is 0 Å². The minimum Gasteiger partial charge on any atom is -0.376 e. The van der Waals surface area contributed by atoms with Gasteiger partial charge in [-0.3, -0.25) is 4.79 Å². The van der Waals surface area contributed by atoms with Crippen LogP contribution in [0.25, 0.3) is 0 Å². The Kier molecular flexibility index (Phi) is 6.73. The third-order valence-corrected chi connectivity index (χ3v) is 6.50. The molecule has 3 rings (SSSR count). The number of hydrogen-bond acceptors (Lipinski definition) is 5. The summed E-state index contributed by atoms with van der Waals surface area (Å²) in [4.78, 5) is 14.8. The number of nitrogens with one attached hydrogen (secondary N) is 2. The molecule has 1 amide bonds. The van der Waals surface area contributed by atoms with Crippen molar-refractivity contribution in [2.75, 3.05) is 37.7 Å². The molecule has 2 N–H and O–H groups in total. The molecule has 0 radical (unpaired) electrons. The van der Waals surface area contributed by atoms with E-state index in [-0.39, 0.29) is 16.9 Å². The predicted molar refractivity (Wildman–Crippen MR) is 105 cm³/mol. The lowest BCUT2D eigenvalue weighted by molar-refractivity contribution is 0.0857. The number of carbonyl (C=O) groups is 1. The number of rotatable bonds is 8. The molecule has 1 aromatic carbocycles. The number of hydrogen-bond donors (Lipinski definition) is 2. The van der Waals surface area contributed by atoms with E-state index in [0.29, 0.717) is 30.8 Å². The van der Waals surface area contributed by atoms with Gasteiger partial charge in [0.1, 0.15) is 4.90 Å². The monoisotopic (exact) mass is 395 g/mol. The normalized spacial score (nSPS) is 20.2. The maximum atomic E-state index is 12.8. The van der Waals surface area contributed by atoms with Crippen LogP contribution >= 0.6 is 0 Å². The van der Waals surface area contributed by atoms with E-state index in [1.54, 1.807) is 12.1 Å². The number of anilines is 1. The second-order valence-corrected chi connectivity index (χ2v) is 8.85. The molecule has 2 aliphatic heterocycles. The predicted octanol–water partition coefficient (Wildman–Crippen LogP) is 1.88. The number of nitrogens with zero attached hydrogens (tertiary/aromatic N) is 1. The Morgan fingerprint density at radius 3 is 2.70 bits per heavy atom. The van der Waals surface area contributed by atoms with Crippen molar-refractivity contribution in [1.82, 2.24) is 10.0 Å². The van der Waals surface area contributed by atoms with Crippen molar-refractivity contribution in [3.8, 4) is 0 Å². The molecule has 1 atom stereocenters. The molecule has 7 nitrogen and oxygen atoms in total. The van der Waals surface area contributed by atoms with Gasteiger partial charge in [-0.1, -0.05) is 6.92 Å². The van der Waals surface area contributed by atoms with Crippen LogP contribution in [0.4, 0.5) is 5.69 Å². The van der Waals surface area contributed by atoms with E-state index in [9.17, 15) is 13.2 Å². The minimum absolute atomic E-state index is 0.0484. The number of ether oxygens (including phenoxy) is 1. The fraction of sp³-hybridized carbons (Fsp3) is 0.632. The lowest BCUT2D eigenvalue weighted by Gasteiger charge is -2.22. The van der Waals surface area contributed by atoms with Gasteiger partial charge in [-0.25, -0.2) is 13.1 Å². The van der Waals surface area contributed by atoms with Gasteiger partial charge in [-0.15, -0.1) is 0 Å². The summed E-state index contributed by atoms with van der Waals surface area (Å²) < 4.78 is 33.8. The quantitative estimate of drug-likeness (QED) is 0.702. The average Bonchev–Trinajstić information content (AvgIpc) is 3.37.